The Bertz CT molecular complexity index is 664. The lowest BCUT2D eigenvalue weighted by Gasteiger charge is -2.27. The molecule has 1 aromatic rings. The number of sulfonamides is 1. The van der Waals surface area contributed by atoms with Crippen LogP contribution in [0.4, 0.5) is 0 Å². The van der Waals surface area contributed by atoms with E-state index in [-0.39, 0.29) is 16.7 Å². The minimum atomic E-state index is -3.48. The van der Waals surface area contributed by atoms with Gasteiger partial charge in [-0.1, -0.05) is 12.1 Å². The van der Waals surface area contributed by atoms with Gasteiger partial charge in [0.1, 0.15) is 0 Å². The average molecular weight is 336 g/mol. The van der Waals surface area contributed by atoms with Crippen LogP contribution < -0.4 is 0 Å². The summed E-state index contributed by atoms with van der Waals surface area (Å²) in [6.07, 6.45) is 4.28. The molecule has 2 fully saturated rings. The number of carbonyl (C=O) groups is 1. The number of carbonyl (C=O) groups excluding carboxylic acids is 1. The van der Waals surface area contributed by atoms with Crippen LogP contribution >= 0.6 is 0 Å². The lowest BCUT2D eigenvalue weighted by Crippen LogP contribution is -2.42. The van der Waals surface area contributed by atoms with E-state index in [2.05, 4.69) is 4.90 Å². The van der Waals surface area contributed by atoms with Crippen molar-refractivity contribution < 1.29 is 13.2 Å². The quantitative estimate of drug-likeness (QED) is 0.773. The van der Waals surface area contributed by atoms with E-state index >= 15 is 0 Å². The molecule has 2 aliphatic rings. The lowest BCUT2D eigenvalue weighted by molar-refractivity contribution is 0.101. The molecule has 3 rings (SSSR count). The average Bonchev–Trinajstić information content (AvgIpc) is 3.19. The molecule has 0 bridgehead atoms. The van der Waals surface area contributed by atoms with Gasteiger partial charge < -0.3 is 4.90 Å². The molecule has 0 unspecified atom stereocenters. The molecule has 23 heavy (non-hydrogen) atoms. The summed E-state index contributed by atoms with van der Waals surface area (Å²) in [4.78, 5) is 14.0. The third-order valence-electron chi connectivity index (χ3n) is 4.86. The van der Waals surface area contributed by atoms with Crippen molar-refractivity contribution in [1.29, 1.82) is 0 Å². The van der Waals surface area contributed by atoms with Gasteiger partial charge in [0, 0.05) is 24.7 Å². The van der Waals surface area contributed by atoms with E-state index in [9.17, 15) is 13.2 Å². The van der Waals surface area contributed by atoms with Gasteiger partial charge in [-0.2, -0.15) is 4.31 Å². The van der Waals surface area contributed by atoms with E-state index < -0.39 is 10.0 Å². The molecule has 5 nitrogen and oxygen atoms in total. The molecule has 0 aromatic heterocycles. The van der Waals surface area contributed by atoms with Gasteiger partial charge in [-0.15, -0.1) is 0 Å². The van der Waals surface area contributed by atoms with E-state index in [0.717, 1.165) is 32.5 Å². The van der Waals surface area contributed by atoms with E-state index in [1.165, 1.54) is 19.8 Å². The van der Waals surface area contributed by atoms with Gasteiger partial charge >= 0.3 is 0 Å². The first-order valence-corrected chi connectivity index (χ1v) is 9.78. The van der Waals surface area contributed by atoms with Crippen LogP contribution in [0, 0.1) is 0 Å². The molecule has 1 aromatic carbocycles. The normalized spacial score (nSPS) is 23.4. The fourth-order valence-corrected chi connectivity index (χ4v) is 5.25. The Morgan fingerprint density at radius 3 is 2.35 bits per heavy atom. The van der Waals surface area contributed by atoms with Crippen molar-refractivity contribution >= 4 is 15.8 Å². The van der Waals surface area contributed by atoms with Crippen LogP contribution in [0.15, 0.2) is 29.2 Å². The molecule has 0 saturated carbocycles. The highest BCUT2D eigenvalue weighted by molar-refractivity contribution is 7.89. The van der Waals surface area contributed by atoms with Crippen LogP contribution in [-0.4, -0.2) is 55.6 Å². The van der Waals surface area contributed by atoms with E-state index in [4.69, 9.17) is 0 Å². The number of ketones is 1. The van der Waals surface area contributed by atoms with Crippen LogP contribution in [0.2, 0.25) is 0 Å². The highest BCUT2D eigenvalue weighted by Crippen LogP contribution is 2.27. The van der Waals surface area contributed by atoms with Gasteiger partial charge in [0.05, 0.1) is 4.90 Å². The maximum absolute atomic E-state index is 12.9. The Hall–Kier alpha value is -1.24. The summed E-state index contributed by atoms with van der Waals surface area (Å²) in [5.74, 6) is -0.0537. The maximum atomic E-state index is 12.9. The van der Waals surface area contributed by atoms with Crippen molar-refractivity contribution in [3.05, 3.63) is 29.8 Å². The number of hydrogen-bond donors (Lipinski definition) is 0. The van der Waals surface area contributed by atoms with Crippen LogP contribution in [0.3, 0.4) is 0 Å². The molecule has 0 amide bonds. The summed E-state index contributed by atoms with van der Waals surface area (Å²) < 4.78 is 27.5. The number of Topliss-reactive ketones (excluding diaryl/α,β-unsaturated/α-hetero) is 1. The van der Waals surface area contributed by atoms with Crippen molar-refractivity contribution in [2.24, 2.45) is 0 Å². The van der Waals surface area contributed by atoms with Crippen molar-refractivity contribution in [3.63, 3.8) is 0 Å². The van der Waals surface area contributed by atoms with Crippen LogP contribution in [-0.2, 0) is 10.0 Å². The van der Waals surface area contributed by atoms with Crippen molar-refractivity contribution in [3.8, 4) is 0 Å². The first-order chi connectivity index (χ1) is 11.0. The zero-order valence-electron chi connectivity index (χ0n) is 13.6. The van der Waals surface area contributed by atoms with E-state index in [1.807, 2.05) is 0 Å². The fraction of sp³-hybridized carbons (Fsp3) is 0.588. The predicted octanol–water partition coefficient (Wildman–Crippen LogP) is 2.14. The Morgan fingerprint density at radius 2 is 1.74 bits per heavy atom. The van der Waals surface area contributed by atoms with Crippen LogP contribution in [0.1, 0.15) is 43.0 Å². The molecule has 2 aliphatic heterocycles. The van der Waals surface area contributed by atoms with Gasteiger partial charge in [0.25, 0.3) is 0 Å². The summed E-state index contributed by atoms with van der Waals surface area (Å²) in [6.45, 7) is 5.07. The Morgan fingerprint density at radius 1 is 1.09 bits per heavy atom. The molecule has 0 aliphatic carbocycles. The van der Waals surface area contributed by atoms with Crippen molar-refractivity contribution in [2.75, 3.05) is 26.2 Å². The number of nitrogens with zero attached hydrogens (tertiary/aromatic N) is 2. The molecule has 0 spiro atoms. The highest BCUT2D eigenvalue weighted by Gasteiger charge is 2.36. The van der Waals surface area contributed by atoms with E-state index in [0.29, 0.717) is 12.1 Å². The van der Waals surface area contributed by atoms with Gasteiger partial charge in [0.2, 0.25) is 10.0 Å². The molecule has 1 atom stereocenters. The Kier molecular flexibility index (Phi) is 4.85. The second-order valence-electron chi connectivity index (χ2n) is 6.50. The summed E-state index contributed by atoms with van der Waals surface area (Å²) in [5.41, 5.74) is 0.541. The zero-order chi connectivity index (χ0) is 16.4. The number of hydrogen-bond acceptors (Lipinski definition) is 4. The number of rotatable bonds is 5. The summed E-state index contributed by atoms with van der Waals surface area (Å²) in [5, 5.41) is 0. The molecule has 126 valence electrons. The van der Waals surface area contributed by atoms with Crippen LogP contribution in [0.25, 0.3) is 0 Å². The third-order valence-corrected chi connectivity index (χ3v) is 6.82. The second-order valence-corrected chi connectivity index (χ2v) is 8.39. The van der Waals surface area contributed by atoms with Crippen LogP contribution in [0.5, 0.6) is 0 Å². The van der Waals surface area contributed by atoms with Gasteiger partial charge in [-0.25, -0.2) is 8.42 Å². The molecule has 0 radical (unpaired) electrons. The summed E-state index contributed by atoms with van der Waals surface area (Å²) in [7, 11) is -3.48. The topological polar surface area (TPSA) is 57.7 Å². The molecule has 2 heterocycles. The minimum absolute atomic E-state index is 0.0537. The molecular weight excluding hydrogens is 312 g/mol. The van der Waals surface area contributed by atoms with Gasteiger partial charge in [-0.05, 0) is 57.8 Å². The fourth-order valence-electron chi connectivity index (χ4n) is 3.57. The molecule has 2 saturated heterocycles. The summed E-state index contributed by atoms with van der Waals surface area (Å²) >= 11 is 0. The largest absolute Gasteiger partial charge is 0.302 e. The Balaban J connectivity index is 1.78. The maximum Gasteiger partial charge on any atom is 0.243 e. The zero-order valence-corrected chi connectivity index (χ0v) is 14.4. The van der Waals surface area contributed by atoms with Crippen molar-refractivity contribution in [1.82, 2.24) is 9.21 Å². The molecular formula is C17H24N2O3S. The molecule has 0 N–H and O–H groups in total. The highest BCUT2D eigenvalue weighted by atomic mass is 32.2. The smallest absolute Gasteiger partial charge is 0.243 e. The molecule has 6 heteroatoms. The standard InChI is InChI=1S/C17H24N2O3S/c1-14(20)15-6-8-17(9-7-15)23(21,22)19-12-4-5-16(19)13-18-10-2-3-11-18/h6-9,16H,2-5,10-13H2,1H3/t16-/m1/s1. The first-order valence-electron chi connectivity index (χ1n) is 8.34. The monoisotopic (exact) mass is 336 g/mol. The SMILES string of the molecule is CC(=O)c1ccc(S(=O)(=O)N2CCC[C@@H]2CN2CCCC2)cc1. The number of benzene rings is 1. The minimum Gasteiger partial charge on any atom is -0.302 e. The van der Waals surface area contributed by atoms with Crippen molar-refractivity contribution in [2.45, 2.75) is 43.5 Å². The van der Waals surface area contributed by atoms with Gasteiger partial charge in [0.15, 0.2) is 5.78 Å². The predicted molar refractivity (Wildman–Crippen MR) is 89.0 cm³/mol. The number of likely N-dealkylation sites (tertiary alicyclic amines) is 1. The summed E-state index contributed by atoms with van der Waals surface area (Å²) in [6, 6.07) is 6.38. The first kappa shape index (κ1) is 16.6. The van der Waals surface area contributed by atoms with Gasteiger partial charge in [-0.3, -0.25) is 4.79 Å². The third kappa shape index (κ3) is 3.49. The van der Waals surface area contributed by atoms with E-state index in [1.54, 1.807) is 28.6 Å². The lowest BCUT2D eigenvalue weighted by atomic mass is 10.2. The Labute approximate surface area is 138 Å². The second kappa shape index (κ2) is 6.71.